The number of aromatic nitrogens is 1. The number of pyridine rings is 1. The first-order valence-electron chi connectivity index (χ1n) is 6.25. The number of hydrogen-bond acceptors (Lipinski definition) is 2. The molecule has 0 unspecified atom stereocenters. The summed E-state index contributed by atoms with van der Waals surface area (Å²) in [5, 5.41) is 5.88. The van der Waals surface area contributed by atoms with Crippen LogP contribution in [0.2, 0.25) is 10.0 Å². The molecule has 3 rings (SSSR count). The molecule has 1 N–H and O–H groups in total. The molecule has 0 fully saturated rings. The Kier molecular flexibility index (Phi) is 3.77. The van der Waals surface area contributed by atoms with Crippen LogP contribution >= 0.6 is 23.2 Å². The first-order valence-corrected chi connectivity index (χ1v) is 7.00. The summed E-state index contributed by atoms with van der Waals surface area (Å²) in [6, 6.07) is 15.4. The van der Waals surface area contributed by atoms with Gasteiger partial charge in [-0.1, -0.05) is 35.3 Å². The Labute approximate surface area is 127 Å². The predicted octanol–water partition coefficient (Wildman–Crippen LogP) is 5.15. The highest BCUT2D eigenvalue weighted by Crippen LogP contribution is 2.25. The maximum absolute atomic E-state index is 6.06. The van der Waals surface area contributed by atoms with E-state index in [1.54, 1.807) is 6.20 Å². The van der Waals surface area contributed by atoms with Crippen molar-refractivity contribution in [3.8, 4) is 0 Å². The Morgan fingerprint density at radius 1 is 0.900 bits per heavy atom. The Balaban J connectivity index is 1.87. The smallest absolute Gasteiger partial charge is 0.0723 e. The SMILES string of the molecule is Clc1ccc(CNc2ccnc3ccc(Cl)cc23)cc1. The average Bonchev–Trinajstić information content (AvgIpc) is 2.47. The summed E-state index contributed by atoms with van der Waals surface area (Å²) in [6.45, 7) is 0.725. The minimum atomic E-state index is 0.708. The second kappa shape index (κ2) is 5.70. The molecule has 0 saturated carbocycles. The number of rotatable bonds is 3. The quantitative estimate of drug-likeness (QED) is 0.723. The first-order chi connectivity index (χ1) is 9.72. The second-order valence-corrected chi connectivity index (χ2v) is 5.37. The van der Waals surface area contributed by atoms with Crippen LogP contribution in [0.1, 0.15) is 5.56 Å². The van der Waals surface area contributed by atoms with Crippen molar-refractivity contribution in [2.24, 2.45) is 0 Å². The van der Waals surface area contributed by atoms with Crippen LogP contribution in [0.25, 0.3) is 10.9 Å². The van der Waals surface area contributed by atoms with Crippen molar-refractivity contribution in [1.82, 2.24) is 4.98 Å². The highest BCUT2D eigenvalue weighted by atomic mass is 35.5. The van der Waals surface area contributed by atoms with Gasteiger partial charge in [0.05, 0.1) is 5.52 Å². The van der Waals surface area contributed by atoms with Crippen LogP contribution in [0.3, 0.4) is 0 Å². The van der Waals surface area contributed by atoms with E-state index >= 15 is 0 Å². The molecule has 0 amide bonds. The number of halogens is 2. The van der Waals surface area contributed by atoms with Gasteiger partial charge in [-0.05, 0) is 42.0 Å². The zero-order valence-corrected chi connectivity index (χ0v) is 12.1. The van der Waals surface area contributed by atoms with Gasteiger partial charge in [0.15, 0.2) is 0 Å². The molecule has 0 aliphatic carbocycles. The fourth-order valence-electron chi connectivity index (χ4n) is 2.07. The van der Waals surface area contributed by atoms with Crippen LogP contribution in [-0.2, 0) is 6.54 Å². The van der Waals surface area contributed by atoms with Gasteiger partial charge in [0.1, 0.15) is 0 Å². The normalized spacial score (nSPS) is 10.7. The third-order valence-corrected chi connectivity index (χ3v) is 3.59. The van der Waals surface area contributed by atoms with Crippen molar-refractivity contribution in [1.29, 1.82) is 0 Å². The number of benzene rings is 2. The van der Waals surface area contributed by atoms with Crippen LogP contribution in [0.15, 0.2) is 54.7 Å². The molecule has 0 aliphatic rings. The lowest BCUT2D eigenvalue weighted by Crippen LogP contribution is -2.00. The number of anilines is 1. The highest BCUT2D eigenvalue weighted by molar-refractivity contribution is 6.31. The van der Waals surface area contributed by atoms with Crippen molar-refractivity contribution < 1.29 is 0 Å². The fraction of sp³-hybridized carbons (Fsp3) is 0.0625. The van der Waals surface area contributed by atoms with E-state index in [-0.39, 0.29) is 0 Å². The van der Waals surface area contributed by atoms with Crippen LogP contribution in [0.4, 0.5) is 5.69 Å². The van der Waals surface area contributed by atoms with Gasteiger partial charge in [-0.2, -0.15) is 0 Å². The lowest BCUT2D eigenvalue weighted by Gasteiger charge is -2.10. The zero-order chi connectivity index (χ0) is 13.9. The fourth-order valence-corrected chi connectivity index (χ4v) is 2.37. The van der Waals surface area contributed by atoms with Crippen LogP contribution in [0, 0.1) is 0 Å². The lowest BCUT2D eigenvalue weighted by molar-refractivity contribution is 1.15. The van der Waals surface area contributed by atoms with E-state index in [0.29, 0.717) is 5.02 Å². The molecule has 2 aromatic carbocycles. The van der Waals surface area contributed by atoms with E-state index in [1.807, 2.05) is 48.5 Å². The van der Waals surface area contributed by atoms with Crippen molar-refractivity contribution in [2.75, 3.05) is 5.32 Å². The Bertz CT molecular complexity index is 739. The molecule has 3 aromatic rings. The maximum Gasteiger partial charge on any atom is 0.0723 e. The molecule has 20 heavy (non-hydrogen) atoms. The molecule has 1 aromatic heterocycles. The van der Waals surface area contributed by atoms with Crippen molar-refractivity contribution in [3.63, 3.8) is 0 Å². The van der Waals surface area contributed by atoms with E-state index in [1.165, 1.54) is 5.56 Å². The second-order valence-electron chi connectivity index (χ2n) is 4.50. The molecule has 1 heterocycles. The van der Waals surface area contributed by atoms with Gasteiger partial charge < -0.3 is 5.32 Å². The molecule has 100 valence electrons. The lowest BCUT2D eigenvalue weighted by atomic mass is 10.1. The molecule has 0 saturated heterocycles. The van der Waals surface area contributed by atoms with Crippen molar-refractivity contribution in [3.05, 3.63) is 70.3 Å². The summed E-state index contributed by atoms with van der Waals surface area (Å²) in [5.74, 6) is 0. The van der Waals surface area contributed by atoms with Crippen LogP contribution < -0.4 is 5.32 Å². The Hall–Kier alpha value is -1.77. The number of nitrogens with one attached hydrogen (secondary N) is 1. The molecule has 2 nitrogen and oxygen atoms in total. The van der Waals surface area contributed by atoms with Gasteiger partial charge in [0.2, 0.25) is 0 Å². The summed E-state index contributed by atoms with van der Waals surface area (Å²) in [4.78, 5) is 4.33. The minimum Gasteiger partial charge on any atom is -0.380 e. The van der Waals surface area contributed by atoms with E-state index in [0.717, 1.165) is 28.2 Å². The largest absolute Gasteiger partial charge is 0.380 e. The molecule has 0 radical (unpaired) electrons. The average molecular weight is 303 g/mol. The van der Waals surface area contributed by atoms with Crippen molar-refractivity contribution in [2.45, 2.75) is 6.54 Å². The molecular formula is C16H12Cl2N2. The van der Waals surface area contributed by atoms with Gasteiger partial charge in [-0.15, -0.1) is 0 Å². The molecule has 0 spiro atoms. The molecule has 0 bridgehead atoms. The predicted molar refractivity (Wildman–Crippen MR) is 85.5 cm³/mol. The van der Waals surface area contributed by atoms with E-state index < -0.39 is 0 Å². The zero-order valence-electron chi connectivity index (χ0n) is 10.6. The van der Waals surface area contributed by atoms with E-state index in [2.05, 4.69) is 10.3 Å². The topological polar surface area (TPSA) is 24.9 Å². The summed E-state index contributed by atoms with van der Waals surface area (Å²) in [5.41, 5.74) is 3.12. The van der Waals surface area contributed by atoms with Gasteiger partial charge in [0, 0.05) is 33.9 Å². The van der Waals surface area contributed by atoms with E-state index in [9.17, 15) is 0 Å². The number of fused-ring (bicyclic) bond motifs is 1. The Morgan fingerprint density at radius 2 is 1.65 bits per heavy atom. The summed E-state index contributed by atoms with van der Waals surface area (Å²) in [7, 11) is 0. The molecule has 0 atom stereocenters. The third kappa shape index (κ3) is 2.87. The number of nitrogens with zero attached hydrogens (tertiary/aromatic N) is 1. The Morgan fingerprint density at radius 3 is 2.45 bits per heavy atom. The molecular weight excluding hydrogens is 291 g/mol. The standard InChI is InChI=1S/C16H12Cl2N2/c17-12-3-1-11(2-4-12)10-20-16-7-8-19-15-6-5-13(18)9-14(15)16/h1-9H,10H2,(H,19,20). The molecule has 4 heteroatoms. The third-order valence-electron chi connectivity index (χ3n) is 3.10. The van der Waals surface area contributed by atoms with Gasteiger partial charge in [-0.3, -0.25) is 4.98 Å². The monoisotopic (exact) mass is 302 g/mol. The van der Waals surface area contributed by atoms with E-state index in [4.69, 9.17) is 23.2 Å². The maximum atomic E-state index is 6.06. The summed E-state index contributed by atoms with van der Waals surface area (Å²) in [6.07, 6.45) is 1.79. The minimum absolute atomic E-state index is 0.708. The van der Waals surface area contributed by atoms with Gasteiger partial charge >= 0.3 is 0 Å². The summed E-state index contributed by atoms with van der Waals surface area (Å²) >= 11 is 11.9. The van der Waals surface area contributed by atoms with Crippen molar-refractivity contribution >= 4 is 39.8 Å². The first kappa shape index (κ1) is 13.2. The van der Waals surface area contributed by atoms with Gasteiger partial charge in [-0.25, -0.2) is 0 Å². The highest BCUT2D eigenvalue weighted by Gasteiger charge is 2.02. The van der Waals surface area contributed by atoms with Crippen LogP contribution in [0.5, 0.6) is 0 Å². The van der Waals surface area contributed by atoms with Gasteiger partial charge in [0.25, 0.3) is 0 Å². The summed E-state index contributed by atoms with van der Waals surface area (Å²) < 4.78 is 0. The van der Waals surface area contributed by atoms with Crippen LogP contribution in [-0.4, -0.2) is 4.98 Å². The number of hydrogen-bond donors (Lipinski definition) is 1. The molecule has 0 aliphatic heterocycles.